The van der Waals surface area contributed by atoms with E-state index in [0.717, 1.165) is 71.1 Å². The van der Waals surface area contributed by atoms with E-state index in [-0.39, 0.29) is 0 Å². The molecular formula is C26H35N5O. The van der Waals surface area contributed by atoms with E-state index in [1.165, 1.54) is 24.0 Å². The van der Waals surface area contributed by atoms with Gasteiger partial charge in [-0.25, -0.2) is 4.98 Å². The van der Waals surface area contributed by atoms with Crippen molar-refractivity contribution in [1.29, 1.82) is 0 Å². The summed E-state index contributed by atoms with van der Waals surface area (Å²) < 4.78 is 0. The summed E-state index contributed by atoms with van der Waals surface area (Å²) in [6.45, 7) is 9.74. The van der Waals surface area contributed by atoms with Crippen molar-refractivity contribution in [2.45, 2.75) is 25.8 Å². The fourth-order valence-corrected chi connectivity index (χ4v) is 5.51. The second kappa shape index (κ2) is 10.0. The lowest BCUT2D eigenvalue weighted by molar-refractivity contribution is -0.133. The summed E-state index contributed by atoms with van der Waals surface area (Å²) in [5.41, 5.74) is 2.71. The number of piperazine rings is 1. The Morgan fingerprint density at radius 1 is 0.906 bits per heavy atom. The fourth-order valence-electron chi connectivity index (χ4n) is 5.51. The molecule has 6 heteroatoms. The molecule has 6 nitrogen and oxygen atoms in total. The molecule has 2 aromatic rings. The highest BCUT2D eigenvalue weighted by atomic mass is 16.2. The number of carbonyl (C=O) groups is 1. The third kappa shape index (κ3) is 5.13. The molecular weight excluding hydrogens is 398 g/mol. The van der Waals surface area contributed by atoms with E-state index in [9.17, 15) is 4.79 Å². The first-order chi connectivity index (χ1) is 15.7. The van der Waals surface area contributed by atoms with Crippen LogP contribution in [-0.4, -0.2) is 84.5 Å². The quantitative estimate of drug-likeness (QED) is 0.725. The molecule has 1 unspecified atom stereocenters. The van der Waals surface area contributed by atoms with E-state index >= 15 is 0 Å². The summed E-state index contributed by atoms with van der Waals surface area (Å²) >= 11 is 0. The minimum Gasteiger partial charge on any atom is -0.354 e. The van der Waals surface area contributed by atoms with E-state index in [4.69, 9.17) is 0 Å². The summed E-state index contributed by atoms with van der Waals surface area (Å²) in [5, 5.41) is 0. The van der Waals surface area contributed by atoms with Gasteiger partial charge in [0.1, 0.15) is 5.82 Å². The van der Waals surface area contributed by atoms with Crippen LogP contribution < -0.4 is 4.90 Å². The number of hydrogen-bond acceptors (Lipinski definition) is 5. The summed E-state index contributed by atoms with van der Waals surface area (Å²) in [4.78, 5) is 27.0. The first kappa shape index (κ1) is 21.4. The van der Waals surface area contributed by atoms with E-state index < -0.39 is 0 Å². The molecule has 32 heavy (non-hydrogen) atoms. The van der Waals surface area contributed by atoms with Crippen LogP contribution >= 0.6 is 0 Å². The Labute approximate surface area is 191 Å². The Balaban J connectivity index is 1.08. The van der Waals surface area contributed by atoms with Crippen LogP contribution in [0, 0.1) is 5.92 Å². The van der Waals surface area contributed by atoms with Crippen molar-refractivity contribution in [3.8, 4) is 0 Å². The van der Waals surface area contributed by atoms with Gasteiger partial charge in [-0.15, -0.1) is 0 Å². The van der Waals surface area contributed by atoms with Crippen LogP contribution in [-0.2, 0) is 17.8 Å². The number of carbonyl (C=O) groups excluding carboxylic acids is 1. The Morgan fingerprint density at radius 3 is 2.53 bits per heavy atom. The van der Waals surface area contributed by atoms with Crippen LogP contribution in [0.1, 0.15) is 24.0 Å². The molecule has 0 radical (unpaired) electrons. The molecule has 2 saturated heterocycles. The van der Waals surface area contributed by atoms with Gasteiger partial charge in [-0.2, -0.15) is 0 Å². The Kier molecular flexibility index (Phi) is 6.69. The van der Waals surface area contributed by atoms with Gasteiger partial charge in [-0.3, -0.25) is 14.6 Å². The first-order valence-electron chi connectivity index (χ1n) is 12.2. The molecule has 1 amide bonds. The van der Waals surface area contributed by atoms with Gasteiger partial charge >= 0.3 is 0 Å². The highest BCUT2D eigenvalue weighted by molar-refractivity contribution is 5.78. The SMILES string of the molecule is O=C(CN1CCCC(CN2CCN(c3ccccn3)CC2)C1)N1CCc2ccccc2C1. The number of nitrogens with zero attached hydrogens (tertiary/aromatic N) is 5. The summed E-state index contributed by atoms with van der Waals surface area (Å²) in [6.07, 6.45) is 5.34. The number of anilines is 1. The number of benzene rings is 1. The fraction of sp³-hybridized carbons (Fsp3) is 0.538. The lowest BCUT2D eigenvalue weighted by atomic mass is 9.96. The number of fused-ring (bicyclic) bond motifs is 1. The standard InChI is InChI=1S/C26H35N5O/c32-26(31-13-10-23-7-1-2-8-24(23)20-31)21-29-12-5-6-22(19-29)18-28-14-16-30(17-15-28)25-9-3-4-11-27-25/h1-4,7-9,11,22H,5-6,10,12-21H2. The van der Waals surface area contributed by atoms with Gasteiger partial charge < -0.3 is 9.80 Å². The molecule has 0 bridgehead atoms. The number of pyridine rings is 1. The number of amides is 1. The van der Waals surface area contributed by atoms with Crippen molar-refractivity contribution in [1.82, 2.24) is 19.7 Å². The van der Waals surface area contributed by atoms with Gasteiger partial charge in [-0.1, -0.05) is 30.3 Å². The zero-order valence-corrected chi connectivity index (χ0v) is 19.0. The lowest BCUT2D eigenvalue weighted by Gasteiger charge is -2.40. The molecule has 0 spiro atoms. The molecule has 170 valence electrons. The highest BCUT2D eigenvalue weighted by Crippen LogP contribution is 2.22. The van der Waals surface area contributed by atoms with Crippen molar-refractivity contribution in [2.75, 3.05) is 63.8 Å². The maximum Gasteiger partial charge on any atom is 0.237 e. The largest absolute Gasteiger partial charge is 0.354 e. The Morgan fingerprint density at radius 2 is 1.72 bits per heavy atom. The molecule has 4 heterocycles. The van der Waals surface area contributed by atoms with Crippen molar-refractivity contribution in [2.24, 2.45) is 5.92 Å². The summed E-state index contributed by atoms with van der Waals surface area (Å²) in [7, 11) is 0. The van der Waals surface area contributed by atoms with E-state index in [1.807, 2.05) is 12.3 Å². The van der Waals surface area contributed by atoms with Crippen LogP contribution in [0.15, 0.2) is 48.7 Å². The van der Waals surface area contributed by atoms with Crippen LogP contribution in [0.25, 0.3) is 0 Å². The van der Waals surface area contributed by atoms with Gasteiger partial charge in [-0.05, 0) is 55.0 Å². The van der Waals surface area contributed by atoms with Crippen molar-refractivity contribution < 1.29 is 4.79 Å². The van der Waals surface area contributed by atoms with Gasteiger partial charge in [0.05, 0.1) is 6.54 Å². The molecule has 1 aromatic carbocycles. The van der Waals surface area contributed by atoms with Crippen LogP contribution in [0.4, 0.5) is 5.82 Å². The second-order valence-corrected chi connectivity index (χ2v) is 9.55. The molecule has 3 aliphatic heterocycles. The minimum absolute atomic E-state index is 0.295. The number of hydrogen-bond donors (Lipinski definition) is 0. The molecule has 3 aliphatic rings. The van der Waals surface area contributed by atoms with Crippen LogP contribution in [0.5, 0.6) is 0 Å². The highest BCUT2D eigenvalue weighted by Gasteiger charge is 2.27. The maximum atomic E-state index is 13.0. The van der Waals surface area contributed by atoms with Gasteiger partial charge in [0.25, 0.3) is 0 Å². The Bertz CT molecular complexity index is 896. The van der Waals surface area contributed by atoms with E-state index in [2.05, 4.69) is 61.0 Å². The predicted molar refractivity (Wildman–Crippen MR) is 128 cm³/mol. The third-order valence-electron chi connectivity index (χ3n) is 7.31. The molecule has 1 aromatic heterocycles. The summed E-state index contributed by atoms with van der Waals surface area (Å²) in [6, 6.07) is 14.7. The molecule has 0 aliphatic carbocycles. The minimum atomic E-state index is 0.295. The lowest BCUT2D eigenvalue weighted by Crippen LogP contribution is -2.51. The van der Waals surface area contributed by atoms with Gasteiger partial charge in [0.15, 0.2) is 0 Å². The number of likely N-dealkylation sites (tertiary alicyclic amines) is 1. The molecule has 1 atom stereocenters. The van der Waals surface area contributed by atoms with Crippen LogP contribution in [0.2, 0.25) is 0 Å². The Hall–Kier alpha value is -2.44. The number of aromatic nitrogens is 1. The van der Waals surface area contributed by atoms with E-state index in [1.54, 1.807) is 0 Å². The number of rotatable bonds is 5. The third-order valence-corrected chi connectivity index (χ3v) is 7.31. The van der Waals surface area contributed by atoms with Gasteiger partial charge in [0.2, 0.25) is 5.91 Å². The van der Waals surface area contributed by atoms with Crippen LogP contribution in [0.3, 0.4) is 0 Å². The molecule has 0 N–H and O–H groups in total. The average Bonchev–Trinajstić information content (AvgIpc) is 2.85. The average molecular weight is 434 g/mol. The molecule has 2 fully saturated rings. The van der Waals surface area contributed by atoms with Crippen molar-refractivity contribution in [3.63, 3.8) is 0 Å². The molecule has 0 saturated carbocycles. The predicted octanol–water partition coefficient (Wildman–Crippen LogP) is 2.50. The van der Waals surface area contributed by atoms with Crippen molar-refractivity contribution in [3.05, 3.63) is 59.8 Å². The second-order valence-electron chi connectivity index (χ2n) is 9.55. The van der Waals surface area contributed by atoms with Crippen molar-refractivity contribution >= 4 is 11.7 Å². The van der Waals surface area contributed by atoms with Gasteiger partial charge in [0, 0.05) is 58.6 Å². The smallest absolute Gasteiger partial charge is 0.237 e. The normalized spacial score (nSPS) is 22.6. The monoisotopic (exact) mass is 433 g/mol. The first-order valence-corrected chi connectivity index (χ1v) is 12.2. The zero-order valence-electron chi connectivity index (χ0n) is 19.0. The topological polar surface area (TPSA) is 42.9 Å². The number of piperidine rings is 1. The maximum absolute atomic E-state index is 13.0. The zero-order chi connectivity index (χ0) is 21.8. The molecule has 5 rings (SSSR count). The van der Waals surface area contributed by atoms with E-state index in [0.29, 0.717) is 18.4 Å². The summed E-state index contributed by atoms with van der Waals surface area (Å²) in [5.74, 6) is 2.05.